The summed E-state index contributed by atoms with van der Waals surface area (Å²) in [4.78, 5) is 0. The molecule has 0 radical (unpaired) electrons. The van der Waals surface area contributed by atoms with Crippen molar-refractivity contribution < 1.29 is 5.11 Å². The fourth-order valence-corrected chi connectivity index (χ4v) is 0.925. The lowest BCUT2D eigenvalue weighted by Gasteiger charge is -2.21. The van der Waals surface area contributed by atoms with Crippen LogP contribution in [-0.4, -0.2) is 11.2 Å². The molecule has 1 N–H and O–H groups in total. The molecule has 11 heavy (non-hydrogen) atoms. The predicted molar refractivity (Wildman–Crippen MR) is 49.5 cm³/mol. The summed E-state index contributed by atoms with van der Waals surface area (Å²) in [6.45, 7) is 10.8. The molecule has 0 aliphatic heterocycles. The maximum Gasteiger partial charge on any atom is 0.0565 e. The highest BCUT2D eigenvalue weighted by atomic mass is 16.3. The van der Waals surface area contributed by atoms with Gasteiger partial charge in [-0.05, 0) is 24.2 Å². The Bertz CT molecular complexity index is 85.0. The Labute approximate surface area is 70.8 Å². The lowest BCUT2D eigenvalue weighted by molar-refractivity contribution is 0.0914. The average molecular weight is 158 g/mol. The van der Waals surface area contributed by atoms with Gasteiger partial charge < -0.3 is 5.11 Å². The van der Waals surface area contributed by atoms with E-state index >= 15 is 0 Å². The van der Waals surface area contributed by atoms with E-state index in [0.717, 1.165) is 6.42 Å². The molecule has 0 aromatic heterocycles. The van der Waals surface area contributed by atoms with E-state index in [1.165, 1.54) is 0 Å². The second-order valence-electron chi connectivity index (χ2n) is 4.27. The molecule has 0 heterocycles. The monoisotopic (exact) mass is 158 g/mol. The highest BCUT2D eigenvalue weighted by molar-refractivity contribution is 4.66. The van der Waals surface area contributed by atoms with Crippen molar-refractivity contribution in [3.63, 3.8) is 0 Å². The number of rotatable bonds is 4. The Kier molecular flexibility index (Phi) is 4.74. The van der Waals surface area contributed by atoms with E-state index in [4.69, 9.17) is 0 Å². The first-order valence-electron chi connectivity index (χ1n) is 4.63. The van der Waals surface area contributed by atoms with Crippen molar-refractivity contribution in [2.24, 2.45) is 17.8 Å². The maximum atomic E-state index is 9.55. The molecule has 0 saturated heterocycles. The van der Waals surface area contributed by atoms with Gasteiger partial charge in [0.15, 0.2) is 0 Å². The first-order valence-corrected chi connectivity index (χ1v) is 4.63. The lowest BCUT2D eigenvalue weighted by atomic mass is 9.89. The molecule has 0 aliphatic carbocycles. The molecule has 1 nitrogen and oxygen atoms in total. The smallest absolute Gasteiger partial charge is 0.0565 e. The van der Waals surface area contributed by atoms with E-state index < -0.39 is 0 Å². The van der Waals surface area contributed by atoms with Gasteiger partial charge in [0.25, 0.3) is 0 Å². The Balaban J connectivity index is 3.66. The van der Waals surface area contributed by atoms with Crippen LogP contribution in [0.25, 0.3) is 0 Å². The van der Waals surface area contributed by atoms with Crippen molar-refractivity contribution in [1.82, 2.24) is 0 Å². The number of hydrogen-bond acceptors (Lipinski definition) is 1. The van der Waals surface area contributed by atoms with Gasteiger partial charge >= 0.3 is 0 Å². The normalized spacial score (nSPS) is 17.5. The van der Waals surface area contributed by atoms with E-state index in [-0.39, 0.29) is 6.10 Å². The van der Waals surface area contributed by atoms with Gasteiger partial charge in [0, 0.05) is 0 Å². The fourth-order valence-electron chi connectivity index (χ4n) is 0.925. The molecular weight excluding hydrogens is 136 g/mol. The molecule has 0 aromatic rings. The standard InChI is InChI=1S/C10H22O/c1-7(2)9(5)6-10(11)8(3)4/h7-11H,6H2,1-5H3. The van der Waals surface area contributed by atoms with Crippen molar-refractivity contribution >= 4 is 0 Å². The molecule has 0 amide bonds. The molecule has 2 unspecified atom stereocenters. The number of aliphatic hydroxyl groups is 1. The van der Waals surface area contributed by atoms with Crippen LogP contribution in [0.4, 0.5) is 0 Å². The van der Waals surface area contributed by atoms with Crippen LogP contribution in [-0.2, 0) is 0 Å². The highest BCUT2D eigenvalue weighted by Crippen LogP contribution is 2.19. The molecule has 0 aliphatic rings. The SMILES string of the molecule is CC(C)C(C)CC(O)C(C)C. The highest BCUT2D eigenvalue weighted by Gasteiger charge is 2.15. The third-order valence-corrected chi connectivity index (χ3v) is 2.52. The third kappa shape index (κ3) is 4.41. The van der Waals surface area contributed by atoms with Crippen molar-refractivity contribution in [3.05, 3.63) is 0 Å². The van der Waals surface area contributed by atoms with Crippen LogP contribution < -0.4 is 0 Å². The van der Waals surface area contributed by atoms with E-state index in [0.29, 0.717) is 17.8 Å². The van der Waals surface area contributed by atoms with E-state index in [9.17, 15) is 5.11 Å². The zero-order chi connectivity index (χ0) is 9.02. The molecule has 0 aromatic carbocycles. The van der Waals surface area contributed by atoms with E-state index in [2.05, 4.69) is 34.6 Å². The van der Waals surface area contributed by atoms with Gasteiger partial charge in [-0.2, -0.15) is 0 Å². The Morgan fingerprint density at radius 1 is 0.909 bits per heavy atom. The molecule has 1 heteroatoms. The molecular formula is C10H22O. The quantitative estimate of drug-likeness (QED) is 0.667. The zero-order valence-corrected chi connectivity index (χ0v) is 8.46. The van der Waals surface area contributed by atoms with Gasteiger partial charge in [0.2, 0.25) is 0 Å². The van der Waals surface area contributed by atoms with Gasteiger partial charge in [-0.1, -0.05) is 34.6 Å². The first kappa shape index (κ1) is 11.0. The summed E-state index contributed by atoms with van der Waals surface area (Å²) in [5.41, 5.74) is 0. The van der Waals surface area contributed by atoms with E-state index in [1.807, 2.05) is 0 Å². The summed E-state index contributed by atoms with van der Waals surface area (Å²) in [7, 11) is 0. The second-order valence-corrected chi connectivity index (χ2v) is 4.27. The summed E-state index contributed by atoms with van der Waals surface area (Å²) in [5, 5.41) is 9.55. The molecule has 0 rings (SSSR count). The fraction of sp³-hybridized carbons (Fsp3) is 1.00. The summed E-state index contributed by atoms with van der Waals surface area (Å²) < 4.78 is 0. The third-order valence-electron chi connectivity index (χ3n) is 2.52. The minimum atomic E-state index is -0.118. The van der Waals surface area contributed by atoms with Crippen LogP contribution in [0.2, 0.25) is 0 Å². The predicted octanol–water partition coefficient (Wildman–Crippen LogP) is 2.69. The van der Waals surface area contributed by atoms with Crippen LogP contribution >= 0.6 is 0 Å². The maximum absolute atomic E-state index is 9.55. The van der Waals surface area contributed by atoms with Crippen LogP contribution in [0.5, 0.6) is 0 Å². The van der Waals surface area contributed by atoms with Gasteiger partial charge in [-0.15, -0.1) is 0 Å². The summed E-state index contributed by atoms with van der Waals surface area (Å²) >= 11 is 0. The molecule has 0 fully saturated rings. The van der Waals surface area contributed by atoms with Gasteiger partial charge in [-0.3, -0.25) is 0 Å². The van der Waals surface area contributed by atoms with Crippen molar-refractivity contribution in [1.29, 1.82) is 0 Å². The first-order chi connectivity index (χ1) is 4.95. The minimum absolute atomic E-state index is 0.118. The molecule has 0 spiro atoms. The second kappa shape index (κ2) is 4.76. The van der Waals surface area contributed by atoms with E-state index in [1.54, 1.807) is 0 Å². The van der Waals surface area contributed by atoms with Crippen molar-refractivity contribution in [2.45, 2.75) is 47.1 Å². The number of aliphatic hydroxyl groups excluding tert-OH is 1. The van der Waals surface area contributed by atoms with Gasteiger partial charge in [0.1, 0.15) is 0 Å². The Morgan fingerprint density at radius 3 is 1.64 bits per heavy atom. The van der Waals surface area contributed by atoms with Crippen LogP contribution in [0.15, 0.2) is 0 Å². The average Bonchev–Trinajstić information content (AvgIpc) is 1.87. The summed E-state index contributed by atoms with van der Waals surface area (Å²) in [6, 6.07) is 0. The Hall–Kier alpha value is -0.0400. The summed E-state index contributed by atoms with van der Waals surface area (Å²) in [6.07, 6.45) is 0.822. The van der Waals surface area contributed by atoms with Crippen molar-refractivity contribution in [2.75, 3.05) is 0 Å². The van der Waals surface area contributed by atoms with Crippen LogP contribution in [0.3, 0.4) is 0 Å². The van der Waals surface area contributed by atoms with Gasteiger partial charge in [-0.25, -0.2) is 0 Å². The molecule has 0 bridgehead atoms. The molecule has 68 valence electrons. The Morgan fingerprint density at radius 2 is 1.36 bits per heavy atom. The molecule has 0 saturated carbocycles. The summed E-state index contributed by atoms with van der Waals surface area (Å²) in [5.74, 6) is 1.71. The minimum Gasteiger partial charge on any atom is -0.393 e. The zero-order valence-electron chi connectivity index (χ0n) is 8.46. The number of hydrogen-bond donors (Lipinski definition) is 1. The lowest BCUT2D eigenvalue weighted by Crippen LogP contribution is -2.20. The van der Waals surface area contributed by atoms with Crippen LogP contribution in [0.1, 0.15) is 41.0 Å². The molecule has 2 atom stereocenters. The topological polar surface area (TPSA) is 20.2 Å². The largest absolute Gasteiger partial charge is 0.393 e. The van der Waals surface area contributed by atoms with Gasteiger partial charge in [0.05, 0.1) is 6.10 Å². The van der Waals surface area contributed by atoms with Crippen molar-refractivity contribution in [3.8, 4) is 0 Å². The van der Waals surface area contributed by atoms with Crippen LogP contribution in [0, 0.1) is 17.8 Å².